The van der Waals surface area contributed by atoms with Crippen LogP contribution in [0.1, 0.15) is 64.3 Å². The number of likely N-dealkylation sites (N-methyl/N-ethyl adjacent to an activating group) is 2. The van der Waals surface area contributed by atoms with E-state index >= 15 is 0 Å². The summed E-state index contributed by atoms with van der Waals surface area (Å²) < 4.78 is 16.7. The molecule has 3 aromatic rings. The average Bonchev–Trinajstić information content (AvgIpc) is 3.32. The maximum atomic E-state index is 14.6. The molecule has 222 valence electrons. The number of amides is 1. The van der Waals surface area contributed by atoms with E-state index in [0.29, 0.717) is 35.3 Å². The Morgan fingerprint density at radius 2 is 1.78 bits per heavy atom. The predicted molar refractivity (Wildman–Crippen MR) is 159 cm³/mol. The number of hydrogen-bond acceptors (Lipinski definition) is 8. The summed E-state index contributed by atoms with van der Waals surface area (Å²) in [5.41, 5.74) is 1.67. The average molecular weight is 567 g/mol. The third-order valence-electron chi connectivity index (χ3n) is 8.50. The van der Waals surface area contributed by atoms with Crippen LogP contribution in [0.15, 0.2) is 30.5 Å². The molecule has 41 heavy (non-hydrogen) atoms. The van der Waals surface area contributed by atoms with Crippen molar-refractivity contribution >= 4 is 34.7 Å². The number of anilines is 3. The Kier molecular flexibility index (Phi) is 9.34. The summed E-state index contributed by atoms with van der Waals surface area (Å²) in [6.07, 6.45) is 7.89. The zero-order valence-electron chi connectivity index (χ0n) is 24.4. The molecule has 1 amide bonds. The number of fused-ring (bicyclic) bond motifs is 1. The topological polar surface area (TPSA) is 111 Å². The van der Waals surface area contributed by atoms with E-state index in [9.17, 15) is 14.3 Å². The van der Waals surface area contributed by atoms with Crippen LogP contribution in [-0.4, -0.2) is 86.2 Å². The molecule has 0 bridgehead atoms. The molecule has 0 atom stereocenters. The van der Waals surface area contributed by atoms with E-state index in [4.69, 9.17) is 9.97 Å². The normalized spacial score (nSPS) is 23.1. The van der Waals surface area contributed by atoms with Gasteiger partial charge >= 0.3 is 0 Å². The summed E-state index contributed by atoms with van der Waals surface area (Å²) >= 11 is 0. The predicted octanol–water partition coefficient (Wildman–Crippen LogP) is 4.57. The Labute approximate surface area is 241 Å². The number of aliphatic hydroxyl groups is 1. The highest BCUT2D eigenvalue weighted by molar-refractivity contribution is 5.79. The van der Waals surface area contributed by atoms with Crippen molar-refractivity contribution in [2.24, 2.45) is 5.92 Å². The molecule has 2 fully saturated rings. The number of carbonyl (C=O) groups is 1. The minimum Gasteiger partial charge on any atom is -0.393 e. The van der Waals surface area contributed by atoms with Gasteiger partial charge in [0.05, 0.1) is 18.0 Å². The van der Waals surface area contributed by atoms with Crippen molar-refractivity contribution in [1.29, 1.82) is 0 Å². The molecule has 2 aliphatic rings. The fraction of sp³-hybridized carbons (Fsp3) is 0.600. The Bertz CT molecular complexity index is 1320. The zero-order valence-corrected chi connectivity index (χ0v) is 24.4. The summed E-state index contributed by atoms with van der Waals surface area (Å²) in [5.74, 6) is 0.930. The van der Waals surface area contributed by atoms with E-state index in [1.807, 2.05) is 25.9 Å². The number of halogens is 1. The number of nitrogens with one attached hydrogen (secondary N) is 2. The van der Waals surface area contributed by atoms with Gasteiger partial charge in [-0.1, -0.05) is 12.1 Å². The van der Waals surface area contributed by atoms with Gasteiger partial charge in [-0.15, -0.1) is 0 Å². The van der Waals surface area contributed by atoms with Gasteiger partial charge in [0.25, 0.3) is 0 Å². The second-order valence-electron chi connectivity index (χ2n) is 11.7. The van der Waals surface area contributed by atoms with Gasteiger partial charge in [-0.05, 0) is 84.5 Å². The molecule has 0 unspecified atom stereocenters. The van der Waals surface area contributed by atoms with Crippen molar-refractivity contribution in [2.75, 3.05) is 44.4 Å². The Morgan fingerprint density at radius 1 is 1.05 bits per heavy atom. The zero-order chi connectivity index (χ0) is 28.9. The van der Waals surface area contributed by atoms with Gasteiger partial charge in [-0.2, -0.15) is 4.98 Å². The van der Waals surface area contributed by atoms with E-state index in [1.165, 1.54) is 6.07 Å². The lowest BCUT2D eigenvalue weighted by Crippen LogP contribution is -2.41. The van der Waals surface area contributed by atoms with Crippen LogP contribution in [0.25, 0.3) is 11.2 Å². The number of hydrogen-bond donors (Lipinski definition) is 3. The summed E-state index contributed by atoms with van der Waals surface area (Å²) in [6.45, 7) is 4.33. The number of rotatable bonds is 10. The third-order valence-corrected chi connectivity index (χ3v) is 8.50. The van der Waals surface area contributed by atoms with Crippen molar-refractivity contribution in [3.05, 3.63) is 36.3 Å². The molecule has 5 rings (SSSR count). The van der Waals surface area contributed by atoms with Crippen LogP contribution in [0.5, 0.6) is 0 Å². The number of aliphatic hydroxyl groups excluding tert-OH is 1. The first-order chi connectivity index (χ1) is 19.8. The standard InChI is InChI=1S/C30H43FN8O2/c1-4-38(18-17-37(2)3)28(41)20-9-13-22(14-10-20)39-27-26(35-30(39)34-25-8-6-5-7-24(25)31)19-32-29(36-27)33-21-11-15-23(40)16-12-21/h5-8,19-23,40H,4,9-18H2,1-3H3,(H,34,35)(H,32,33,36)/t20-,21-,22+,23-. The van der Waals surface area contributed by atoms with Gasteiger partial charge in [0, 0.05) is 37.6 Å². The van der Waals surface area contributed by atoms with Gasteiger partial charge in [0.1, 0.15) is 11.3 Å². The fourth-order valence-corrected chi connectivity index (χ4v) is 6.06. The van der Waals surface area contributed by atoms with Gasteiger partial charge in [0.15, 0.2) is 5.65 Å². The van der Waals surface area contributed by atoms with Crippen LogP contribution < -0.4 is 10.6 Å². The van der Waals surface area contributed by atoms with E-state index in [2.05, 4.69) is 25.1 Å². The highest BCUT2D eigenvalue weighted by atomic mass is 19.1. The number of nitrogens with zero attached hydrogens (tertiary/aromatic N) is 6. The molecule has 2 aromatic heterocycles. The molecule has 1 aromatic carbocycles. The highest BCUT2D eigenvalue weighted by Gasteiger charge is 2.32. The van der Waals surface area contributed by atoms with Gasteiger partial charge in [-0.25, -0.2) is 14.4 Å². The summed E-state index contributed by atoms with van der Waals surface area (Å²) in [6, 6.07) is 6.82. The van der Waals surface area contributed by atoms with E-state index < -0.39 is 0 Å². The van der Waals surface area contributed by atoms with Gasteiger partial charge in [-0.3, -0.25) is 9.36 Å². The number of aromatic nitrogens is 4. The van der Waals surface area contributed by atoms with Crippen LogP contribution in [-0.2, 0) is 4.79 Å². The lowest BCUT2D eigenvalue weighted by Gasteiger charge is -2.33. The summed E-state index contributed by atoms with van der Waals surface area (Å²) in [4.78, 5) is 31.6. The molecule has 11 heteroatoms. The van der Waals surface area contributed by atoms with Crippen molar-refractivity contribution in [2.45, 2.75) is 76.5 Å². The fourth-order valence-electron chi connectivity index (χ4n) is 6.06. The maximum Gasteiger partial charge on any atom is 0.225 e. The minimum absolute atomic E-state index is 0.000342. The van der Waals surface area contributed by atoms with Gasteiger partial charge in [0.2, 0.25) is 17.8 Å². The summed E-state index contributed by atoms with van der Waals surface area (Å²) in [7, 11) is 4.05. The molecule has 2 aliphatic carbocycles. The van der Waals surface area contributed by atoms with Crippen LogP contribution in [0.2, 0.25) is 0 Å². The molecule has 3 N–H and O–H groups in total. The van der Waals surface area contributed by atoms with Crippen molar-refractivity contribution in [3.63, 3.8) is 0 Å². The summed E-state index contributed by atoms with van der Waals surface area (Å²) in [5, 5.41) is 16.5. The monoisotopic (exact) mass is 566 g/mol. The van der Waals surface area contributed by atoms with Crippen molar-refractivity contribution in [3.8, 4) is 0 Å². The SMILES string of the molecule is CCN(CCN(C)C)C(=O)[C@H]1CC[C@@H](n2c(Nc3ccccc3F)nc3cnc(N[C@H]4CC[C@H](O)CC4)nc32)CC1. The first kappa shape index (κ1) is 29.2. The quantitative estimate of drug-likeness (QED) is 0.327. The lowest BCUT2D eigenvalue weighted by molar-refractivity contribution is -0.136. The molecule has 0 saturated heterocycles. The second-order valence-corrected chi connectivity index (χ2v) is 11.7. The number of carbonyl (C=O) groups excluding carboxylic acids is 1. The number of benzene rings is 1. The van der Waals surface area contributed by atoms with Crippen LogP contribution in [0.4, 0.5) is 22.0 Å². The van der Waals surface area contributed by atoms with Crippen LogP contribution in [0.3, 0.4) is 0 Å². The number of para-hydroxylation sites is 1. The van der Waals surface area contributed by atoms with E-state index in [-0.39, 0.29) is 35.8 Å². The van der Waals surface area contributed by atoms with Crippen molar-refractivity contribution < 1.29 is 14.3 Å². The molecular formula is C30H43FN8O2. The molecule has 2 saturated carbocycles. The minimum atomic E-state index is -0.356. The first-order valence-electron chi connectivity index (χ1n) is 15.0. The first-order valence-corrected chi connectivity index (χ1v) is 15.0. The van der Waals surface area contributed by atoms with Crippen molar-refractivity contribution in [1.82, 2.24) is 29.3 Å². The maximum absolute atomic E-state index is 14.6. The smallest absolute Gasteiger partial charge is 0.225 e. The highest BCUT2D eigenvalue weighted by Crippen LogP contribution is 2.38. The lowest BCUT2D eigenvalue weighted by atomic mass is 9.85. The van der Waals surface area contributed by atoms with Crippen LogP contribution >= 0.6 is 0 Å². The molecule has 10 nitrogen and oxygen atoms in total. The van der Waals surface area contributed by atoms with Gasteiger partial charge < -0.3 is 25.5 Å². The molecule has 0 spiro atoms. The molecule has 0 aliphatic heterocycles. The Hall–Kier alpha value is -3.31. The number of imidazole rings is 1. The van der Waals surface area contributed by atoms with E-state index in [0.717, 1.165) is 64.5 Å². The Morgan fingerprint density at radius 3 is 2.46 bits per heavy atom. The Balaban J connectivity index is 1.38. The molecule has 0 radical (unpaired) electrons. The van der Waals surface area contributed by atoms with E-state index in [1.54, 1.807) is 24.4 Å². The second kappa shape index (κ2) is 13.1. The third kappa shape index (κ3) is 6.95. The molecular weight excluding hydrogens is 523 g/mol. The largest absolute Gasteiger partial charge is 0.393 e. The van der Waals surface area contributed by atoms with Crippen LogP contribution in [0, 0.1) is 11.7 Å². The molecule has 2 heterocycles.